The van der Waals surface area contributed by atoms with Crippen molar-refractivity contribution in [3.05, 3.63) is 24.0 Å². The second-order valence-electron chi connectivity index (χ2n) is 4.21. The topological polar surface area (TPSA) is 78.1 Å². The van der Waals surface area contributed by atoms with Gasteiger partial charge in [-0.15, -0.1) is 0 Å². The molecule has 0 aliphatic heterocycles. The number of aromatic nitrogens is 2. The number of hydrogen-bond acceptors (Lipinski definition) is 5. The fourth-order valence-electron chi connectivity index (χ4n) is 1.75. The van der Waals surface area contributed by atoms with Crippen molar-refractivity contribution in [3.63, 3.8) is 0 Å². The lowest BCUT2D eigenvalue weighted by Gasteiger charge is -2.01. The third-order valence-electron chi connectivity index (χ3n) is 2.96. The molecule has 0 saturated heterocycles. The van der Waals surface area contributed by atoms with Crippen molar-refractivity contribution < 1.29 is 8.94 Å². The number of nitrogens with zero attached hydrogens (tertiary/aromatic N) is 2. The van der Waals surface area contributed by atoms with Gasteiger partial charge in [0.15, 0.2) is 0 Å². The first-order valence-corrected chi connectivity index (χ1v) is 5.39. The second-order valence-corrected chi connectivity index (χ2v) is 4.21. The molecule has 5 heteroatoms. The third-order valence-corrected chi connectivity index (χ3v) is 2.96. The predicted molar refractivity (Wildman–Crippen MR) is 56.4 cm³/mol. The van der Waals surface area contributed by atoms with E-state index in [0.717, 1.165) is 24.2 Å². The molecule has 1 unspecified atom stereocenters. The lowest BCUT2D eigenvalue weighted by atomic mass is 10.2. The number of rotatable bonds is 3. The van der Waals surface area contributed by atoms with Gasteiger partial charge in [0.25, 0.3) is 0 Å². The van der Waals surface area contributed by atoms with Crippen molar-refractivity contribution in [2.24, 2.45) is 11.7 Å². The molecular weight excluding hydrogens is 206 g/mol. The van der Waals surface area contributed by atoms with E-state index in [1.54, 1.807) is 6.26 Å². The highest BCUT2D eigenvalue weighted by Gasteiger charge is 2.33. The first kappa shape index (κ1) is 9.59. The summed E-state index contributed by atoms with van der Waals surface area (Å²) in [6, 6.07) is 1.71. The summed E-state index contributed by atoms with van der Waals surface area (Å²) in [5.41, 5.74) is 6.84. The third kappa shape index (κ3) is 1.53. The summed E-state index contributed by atoms with van der Waals surface area (Å²) in [5, 5.41) is 3.92. The molecule has 1 atom stereocenters. The normalized spacial score (nSPS) is 17.6. The van der Waals surface area contributed by atoms with Crippen LogP contribution in [0, 0.1) is 12.8 Å². The van der Waals surface area contributed by atoms with E-state index >= 15 is 0 Å². The Hall–Kier alpha value is -1.62. The van der Waals surface area contributed by atoms with Crippen LogP contribution in [0.15, 0.2) is 21.3 Å². The van der Waals surface area contributed by atoms with Gasteiger partial charge in [-0.2, -0.15) is 4.98 Å². The van der Waals surface area contributed by atoms with Crippen LogP contribution in [-0.2, 0) is 0 Å². The highest BCUT2D eigenvalue weighted by molar-refractivity contribution is 5.56. The monoisotopic (exact) mass is 219 g/mol. The SMILES string of the molecule is Cc1occc1-c1noc(C(N)C2CC2)n1. The van der Waals surface area contributed by atoms with Crippen LogP contribution in [0.1, 0.15) is 30.5 Å². The summed E-state index contributed by atoms with van der Waals surface area (Å²) >= 11 is 0. The minimum atomic E-state index is -0.117. The molecule has 2 aromatic rings. The van der Waals surface area contributed by atoms with Gasteiger partial charge in [0, 0.05) is 0 Å². The molecule has 2 N–H and O–H groups in total. The van der Waals surface area contributed by atoms with Gasteiger partial charge in [-0.3, -0.25) is 0 Å². The smallest absolute Gasteiger partial charge is 0.244 e. The van der Waals surface area contributed by atoms with Crippen LogP contribution in [0.25, 0.3) is 11.4 Å². The maximum absolute atomic E-state index is 5.99. The molecule has 84 valence electrons. The molecule has 1 saturated carbocycles. The zero-order chi connectivity index (χ0) is 11.1. The standard InChI is InChI=1S/C11H13N3O2/c1-6-8(4-5-15-6)10-13-11(16-14-10)9(12)7-2-3-7/h4-5,7,9H,2-3,12H2,1H3. The first-order chi connectivity index (χ1) is 7.75. The maximum Gasteiger partial charge on any atom is 0.244 e. The molecule has 0 bridgehead atoms. The van der Waals surface area contributed by atoms with Gasteiger partial charge < -0.3 is 14.7 Å². The number of aryl methyl sites for hydroxylation is 1. The Labute approximate surface area is 92.6 Å². The minimum Gasteiger partial charge on any atom is -0.469 e. The van der Waals surface area contributed by atoms with E-state index in [0.29, 0.717) is 17.6 Å². The van der Waals surface area contributed by atoms with Crippen LogP contribution in [0.4, 0.5) is 0 Å². The Balaban J connectivity index is 1.90. The van der Waals surface area contributed by atoms with E-state index < -0.39 is 0 Å². The second kappa shape index (κ2) is 3.45. The van der Waals surface area contributed by atoms with Crippen LogP contribution in [0.5, 0.6) is 0 Å². The van der Waals surface area contributed by atoms with Crippen LogP contribution in [-0.4, -0.2) is 10.1 Å². The van der Waals surface area contributed by atoms with Crippen molar-refractivity contribution in [2.75, 3.05) is 0 Å². The van der Waals surface area contributed by atoms with Gasteiger partial charge in [0.2, 0.25) is 11.7 Å². The van der Waals surface area contributed by atoms with Crippen molar-refractivity contribution in [1.29, 1.82) is 0 Å². The highest BCUT2D eigenvalue weighted by atomic mass is 16.5. The van der Waals surface area contributed by atoms with Crippen LogP contribution >= 0.6 is 0 Å². The molecule has 16 heavy (non-hydrogen) atoms. The molecule has 1 aliphatic rings. The zero-order valence-electron chi connectivity index (χ0n) is 9.01. The highest BCUT2D eigenvalue weighted by Crippen LogP contribution is 2.39. The molecule has 5 nitrogen and oxygen atoms in total. The molecule has 0 radical (unpaired) electrons. The molecule has 0 amide bonds. The Morgan fingerprint density at radius 1 is 1.50 bits per heavy atom. The van der Waals surface area contributed by atoms with E-state index in [-0.39, 0.29) is 6.04 Å². The van der Waals surface area contributed by atoms with E-state index in [2.05, 4.69) is 10.1 Å². The average Bonchev–Trinajstić information content (AvgIpc) is 2.86. The number of hydrogen-bond donors (Lipinski definition) is 1. The van der Waals surface area contributed by atoms with Gasteiger partial charge in [-0.1, -0.05) is 5.16 Å². The van der Waals surface area contributed by atoms with Gasteiger partial charge in [-0.25, -0.2) is 0 Å². The molecule has 0 aromatic carbocycles. The van der Waals surface area contributed by atoms with Crippen LogP contribution in [0.3, 0.4) is 0 Å². The largest absolute Gasteiger partial charge is 0.469 e. The van der Waals surface area contributed by atoms with Gasteiger partial charge >= 0.3 is 0 Å². The summed E-state index contributed by atoms with van der Waals surface area (Å²) in [7, 11) is 0. The van der Waals surface area contributed by atoms with Gasteiger partial charge in [0.05, 0.1) is 17.9 Å². The van der Waals surface area contributed by atoms with Gasteiger partial charge in [-0.05, 0) is 31.7 Å². The van der Waals surface area contributed by atoms with Crippen molar-refractivity contribution in [3.8, 4) is 11.4 Å². The Morgan fingerprint density at radius 2 is 2.31 bits per heavy atom. The quantitative estimate of drug-likeness (QED) is 0.854. The maximum atomic E-state index is 5.99. The van der Waals surface area contributed by atoms with Crippen molar-refractivity contribution in [2.45, 2.75) is 25.8 Å². The summed E-state index contributed by atoms with van der Waals surface area (Å²) in [6.45, 7) is 1.87. The van der Waals surface area contributed by atoms with E-state index in [1.807, 2.05) is 13.0 Å². The van der Waals surface area contributed by atoms with Crippen LogP contribution < -0.4 is 5.73 Å². The minimum absolute atomic E-state index is 0.117. The Morgan fingerprint density at radius 3 is 2.94 bits per heavy atom. The summed E-state index contributed by atoms with van der Waals surface area (Å²) < 4.78 is 10.4. The Bertz CT molecular complexity index is 499. The summed E-state index contributed by atoms with van der Waals surface area (Å²) in [4.78, 5) is 4.31. The Kier molecular flexibility index (Phi) is 2.07. The lowest BCUT2D eigenvalue weighted by molar-refractivity contribution is 0.343. The summed E-state index contributed by atoms with van der Waals surface area (Å²) in [5.74, 6) is 2.38. The molecule has 1 aliphatic carbocycles. The fraction of sp³-hybridized carbons (Fsp3) is 0.455. The van der Waals surface area contributed by atoms with Gasteiger partial charge in [0.1, 0.15) is 5.76 Å². The van der Waals surface area contributed by atoms with Crippen molar-refractivity contribution >= 4 is 0 Å². The summed E-state index contributed by atoms with van der Waals surface area (Å²) in [6.07, 6.45) is 3.93. The lowest BCUT2D eigenvalue weighted by Crippen LogP contribution is -2.12. The van der Waals surface area contributed by atoms with Crippen LogP contribution in [0.2, 0.25) is 0 Å². The number of nitrogens with two attached hydrogens (primary N) is 1. The fourth-order valence-corrected chi connectivity index (χ4v) is 1.75. The molecule has 3 rings (SSSR count). The predicted octanol–water partition coefficient (Wildman–Crippen LogP) is 2.05. The van der Waals surface area contributed by atoms with E-state index in [4.69, 9.17) is 14.7 Å². The molecule has 0 spiro atoms. The number of furan rings is 1. The molecule has 1 fully saturated rings. The van der Waals surface area contributed by atoms with E-state index in [9.17, 15) is 0 Å². The molecule has 2 aromatic heterocycles. The first-order valence-electron chi connectivity index (χ1n) is 5.39. The average molecular weight is 219 g/mol. The molecule has 2 heterocycles. The van der Waals surface area contributed by atoms with E-state index in [1.165, 1.54) is 0 Å². The van der Waals surface area contributed by atoms with Crippen molar-refractivity contribution in [1.82, 2.24) is 10.1 Å². The molecular formula is C11H13N3O2. The zero-order valence-corrected chi connectivity index (χ0v) is 9.01.